The van der Waals surface area contributed by atoms with Crippen molar-refractivity contribution >= 4 is 6.03 Å². The van der Waals surface area contributed by atoms with Gasteiger partial charge in [-0.3, -0.25) is 0 Å². The third-order valence-corrected chi connectivity index (χ3v) is 2.91. The van der Waals surface area contributed by atoms with Gasteiger partial charge in [0.2, 0.25) is 0 Å². The van der Waals surface area contributed by atoms with Crippen LogP contribution in [0.4, 0.5) is 4.79 Å². The Morgan fingerprint density at radius 1 is 1.36 bits per heavy atom. The first-order valence-electron chi connectivity index (χ1n) is 5.31. The number of carbonyl (C=O) groups excluding carboxylic acids is 1. The van der Waals surface area contributed by atoms with E-state index in [0.29, 0.717) is 12.0 Å². The summed E-state index contributed by atoms with van der Waals surface area (Å²) in [5.41, 5.74) is 5.60. The minimum absolute atomic E-state index is 0.0150. The van der Waals surface area contributed by atoms with Gasteiger partial charge in [-0.05, 0) is 38.1 Å². The molecule has 1 fully saturated rings. The van der Waals surface area contributed by atoms with Crippen LogP contribution in [-0.2, 0) is 0 Å². The summed E-state index contributed by atoms with van der Waals surface area (Å²) in [7, 11) is 3.53. The molecule has 14 heavy (non-hydrogen) atoms. The molecule has 0 bridgehead atoms. The number of rotatable bonds is 2. The standard InChI is InChI=1S/C10H21N3O/c1-13(2)10(14)12-9-5-3-8(7-11)4-6-9/h8-9H,3-7,11H2,1-2H3,(H,12,14). The van der Waals surface area contributed by atoms with Gasteiger partial charge in [-0.15, -0.1) is 0 Å². The van der Waals surface area contributed by atoms with Gasteiger partial charge < -0.3 is 16.0 Å². The maximum Gasteiger partial charge on any atom is 0.317 e. The van der Waals surface area contributed by atoms with Crippen LogP contribution in [0, 0.1) is 5.92 Å². The van der Waals surface area contributed by atoms with E-state index in [9.17, 15) is 4.79 Å². The Bertz CT molecular complexity index is 186. The summed E-state index contributed by atoms with van der Waals surface area (Å²) in [5.74, 6) is 0.669. The van der Waals surface area contributed by atoms with Gasteiger partial charge in [-0.2, -0.15) is 0 Å². The van der Waals surface area contributed by atoms with Crippen LogP contribution in [0.2, 0.25) is 0 Å². The zero-order valence-corrected chi connectivity index (χ0v) is 9.12. The van der Waals surface area contributed by atoms with E-state index in [0.717, 1.165) is 32.2 Å². The van der Waals surface area contributed by atoms with Crippen molar-refractivity contribution in [3.63, 3.8) is 0 Å². The maximum atomic E-state index is 11.4. The fourth-order valence-corrected chi connectivity index (χ4v) is 1.85. The molecular formula is C10H21N3O. The smallest absolute Gasteiger partial charge is 0.317 e. The predicted octanol–water partition coefficient (Wildman–Crippen LogP) is 0.775. The first-order chi connectivity index (χ1) is 6.63. The van der Waals surface area contributed by atoms with Crippen LogP contribution in [0.5, 0.6) is 0 Å². The van der Waals surface area contributed by atoms with Crippen molar-refractivity contribution in [3.8, 4) is 0 Å². The highest BCUT2D eigenvalue weighted by molar-refractivity contribution is 5.73. The summed E-state index contributed by atoms with van der Waals surface area (Å²) in [6.45, 7) is 0.786. The van der Waals surface area contributed by atoms with Crippen molar-refractivity contribution in [2.75, 3.05) is 20.6 Å². The van der Waals surface area contributed by atoms with Crippen LogP contribution < -0.4 is 11.1 Å². The van der Waals surface area contributed by atoms with Crippen molar-refractivity contribution in [3.05, 3.63) is 0 Å². The largest absolute Gasteiger partial charge is 0.335 e. The number of carbonyl (C=O) groups is 1. The van der Waals surface area contributed by atoms with Crippen molar-refractivity contribution in [2.45, 2.75) is 31.7 Å². The lowest BCUT2D eigenvalue weighted by atomic mass is 9.86. The number of amides is 2. The monoisotopic (exact) mass is 199 g/mol. The third-order valence-electron chi connectivity index (χ3n) is 2.91. The highest BCUT2D eigenvalue weighted by Crippen LogP contribution is 2.23. The predicted molar refractivity (Wildman–Crippen MR) is 57.0 cm³/mol. The molecule has 0 aromatic carbocycles. The minimum atomic E-state index is 0.0150. The molecule has 0 aliphatic heterocycles. The lowest BCUT2D eigenvalue weighted by Crippen LogP contribution is -2.43. The molecule has 1 aliphatic carbocycles. The van der Waals surface area contributed by atoms with E-state index < -0.39 is 0 Å². The summed E-state index contributed by atoms with van der Waals surface area (Å²) in [6, 6.07) is 0.369. The molecule has 0 radical (unpaired) electrons. The van der Waals surface area contributed by atoms with Gasteiger partial charge in [0.1, 0.15) is 0 Å². The molecule has 0 heterocycles. The van der Waals surface area contributed by atoms with Gasteiger partial charge in [0.05, 0.1) is 0 Å². The van der Waals surface area contributed by atoms with E-state index in [-0.39, 0.29) is 6.03 Å². The van der Waals surface area contributed by atoms with Crippen LogP contribution in [0.3, 0.4) is 0 Å². The number of hydrogen-bond acceptors (Lipinski definition) is 2. The summed E-state index contributed by atoms with van der Waals surface area (Å²) < 4.78 is 0. The minimum Gasteiger partial charge on any atom is -0.335 e. The molecule has 4 heteroatoms. The molecule has 4 nitrogen and oxygen atoms in total. The molecule has 2 amide bonds. The fourth-order valence-electron chi connectivity index (χ4n) is 1.85. The summed E-state index contributed by atoms with van der Waals surface area (Å²) in [5, 5.41) is 3.01. The van der Waals surface area contributed by atoms with E-state index in [4.69, 9.17) is 5.73 Å². The molecule has 0 spiro atoms. The molecular weight excluding hydrogens is 178 g/mol. The SMILES string of the molecule is CN(C)C(=O)NC1CCC(CN)CC1. The van der Waals surface area contributed by atoms with Gasteiger partial charge in [-0.25, -0.2) is 4.79 Å². The molecule has 0 aromatic heterocycles. The van der Waals surface area contributed by atoms with Crippen LogP contribution >= 0.6 is 0 Å². The Morgan fingerprint density at radius 3 is 2.36 bits per heavy atom. The van der Waals surface area contributed by atoms with Crippen LogP contribution in [0.1, 0.15) is 25.7 Å². The van der Waals surface area contributed by atoms with Crippen molar-refractivity contribution in [2.24, 2.45) is 11.7 Å². The molecule has 1 rings (SSSR count). The summed E-state index contributed by atoms with van der Waals surface area (Å²) >= 11 is 0. The zero-order valence-electron chi connectivity index (χ0n) is 9.12. The van der Waals surface area contributed by atoms with Gasteiger partial charge in [0, 0.05) is 20.1 Å². The van der Waals surface area contributed by atoms with Crippen molar-refractivity contribution in [1.82, 2.24) is 10.2 Å². The molecule has 0 unspecified atom stereocenters. The van der Waals surface area contributed by atoms with Crippen molar-refractivity contribution in [1.29, 1.82) is 0 Å². The summed E-state index contributed by atoms with van der Waals surface area (Å²) in [6.07, 6.45) is 4.44. The topological polar surface area (TPSA) is 58.4 Å². The Hall–Kier alpha value is -0.770. The second kappa shape index (κ2) is 5.20. The molecule has 1 aliphatic rings. The lowest BCUT2D eigenvalue weighted by molar-refractivity contribution is 0.205. The fraction of sp³-hybridized carbons (Fsp3) is 0.900. The maximum absolute atomic E-state index is 11.4. The van der Waals surface area contributed by atoms with E-state index >= 15 is 0 Å². The number of hydrogen-bond donors (Lipinski definition) is 2. The highest BCUT2D eigenvalue weighted by Gasteiger charge is 2.21. The number of nitrogens with one attached hydrogen (secondary N) is 1. The van der Waals surface area contributed by atoms with E-state index in [1.54, 1.807) is 19.0 Å². The highest BCUT2D eigenvalue weighted by atomic mass is 16.2. The molecule has 1 saturated carbocycles. The van der Waals surface area contributed by atoms with Crippen molar-refractivity contribution < 1.29 is 4.79 Å². The van der Waals surface area contributed by atoms with Gasteiger partial charge >= 0.3 is 6.03 Å². The van der Waals surface area contributed by atoms with E-state index in [1.807, 2.05) is 0 Å². The van der Waals surface area contributed by atoms with Crippen LogP contribution in [-0.4, -0.2) is 37.6 Å². The number of urea groups is 1. The Balaban J connectivity index is 2.25. The van der Waals surface area contributed by atoms with E-state index in [2.05, 4.69) is 5.32 Å². The molecule has 0 atom stereocenters. The third kappa shape index (κ3) is 3.18. The van der Waals surface area contributed by atoms with Crippen LogP contribution in [0.25, 0.3) is 0 Å². The quantitative estimate of drug-likeness (QED) is 0.690. The molecule has 0 aromatic rings. The first kappa shape index (κ1) is 11.3. The normalized spacial score (nSPS) is 27.1. The Morgan fingerprint density at radius 2 is 1.93 bits per heavy atom. The lowest BCUT2D eigenvalue weighted by Gasteiger charge is -2.29. The second-order valence-corrected chi connectivity index (χ2v) is 4.30. The van der Waals surface area contributed by atoms with Gasteiger partial charge in [0.15, 0.2) is 0 Å². The first-order valence-corrected chi connectivity index (χ1v) is 5.31. The Kier molecular flexibility index (Phi) is 4.20. The van der Waals surface area contributed by atoms with Gasteiger partial charge in [-0.1, -0.05) is 0 Å². The average Bonchev–Trinajstić information content (AvgIpc) is 2.19. The number of nitrogens with two attached hydrogens (primary N) is 1. The Labute approximate surface area is 85.8 Å². The number of nitrogens with zero attached hydrogens (tertiary/aromatic N) is 1. The van der Waals surface area contributed by atoms with Gasteiger partial charge in [0.25, 0.3) is 0 Å². The summed E-state index contributed by atoms with van der Waals surface area (Å²) in [4.78, 5) is 12.9. The van der Waals surface area contributed by atoms with Crippen LogP contribution in [0.15, 0.2) is 0 Å². The van der Waals surface area contributed by atoms with E-state index in [1.165, 1.54) is 0 Å². The molecule has 0 saturated heterocycles. The molecule has 82 valence electrons. The zero-order chi connectivity index (χ0) is 10.6. The molecule has 3 N–H and O–H groups in total. The average molecular weight is 199 g/mol. The second-order valence-electron chi connectivity index (χ2n) is 4.30.